The largest absolute Gasteiger partial charge is 0.507 e. The summed E-state index contributed by atoms with van der Waals surface area (Å²) in [4.78, 5) is 4.27. The molecule has 0 bridgehead atoms. The Bertz CT molecular complexity index is 579. The van der Waals surface area contributed by atoms with Gasteiger partial charge in [-0.1, -0.05) is 23.7 Å². The Kier molecular flexibility index (Phi) is 3.78. The normalized spacial score (nSPS) is 14.3. The van der Waals surface area contributed by atoms with Crippen LogP contribution in [0.5, 0.6) is 5.75 Å². The second kappa shape index (κ2) is 5.19. The zero-order valence-electron chi connectivity index (χ0n) is 11.0. The van der Waals surface area contributed by atoms with Crippen LogP contribution in [0.2, 0.25) is 5.02 Å². The van der Waals surface area contributed by atoms with Crippen molar-refractivity contribution in [3.63, 3.8) is 0 Å². The van der Waals surface area contributed by atoms with Crippen LogP contribution in [0.4, 0.5) is 0 Å². The molecule has 19 heavy (non-hydrogen) atoms. The lowest BCUT2D eigenvalue weighted by Crippen LogP contribution is -2.24. The zero-order chi connectivity index (χ0) is 14.0. The highest BCUT2D eigenvalue weighted by atomic mass is 35.5. The van der Waals surface area contributed by atoms with Gasteiger partial charge in [-0.15, -0.1) is 0 Å². The van der Waals surface area contributed by atoms with Crippen LogP contribution < -0.4 is 0 Å². The summed E-state index contributed by atoms with van der Waals surface area (Å²) >= 11 is 5.89. The standard InChI is InChI=1S/C13H15ClN2O3/c1-4-13(2,18-3)12-15-11(19-16-12)9-7-8(14)5-6-10(9)17/h5-7,17H,4H2,1-3H3. The number of phenols is 1. The molecular weight excluding hydrogens is 268 g/mol. The molecule has 0 aliphatic rings. The molecule has 1 atom stereocenters. The molecule has 0 fully saturated rings. The molecule has 6 heteroatoms. The van der Waals surface area contributed by atoms with Gasteiger partial charge < -0.3 is 14.4 Å². The van der Waals surface area contributed by atoms with E-state index in [1.165, 1.54) is 6.07 Å². The van der Waals surface area contributed by atoms with Crippen molar-refractivity contribution in [1.29, 1.82) is 0 Å². The summed E-state index contributed by atoms with van der Waals surface area (Å²) in [6.07, 6.45) is 0.698. The first-order valence-electron chi connectivity index (χ1n) is 5.88. The van der Waals surface area contributed by atoms with Crippen molar-refractivity contribution >= 4 is 11.6 Å². The van der Waals surface area contributed by atoms with Crippen LogP contribution in [0.15, 0.2) is 22.7 Å². The molecule has 102 valence electrons. The Morgan fingerprint density at radius 2 is 2.21 bits per heavy atom. The number of phenolic OH excluding ortho intramolecular Hbond substituents is 1. The van der Waals surface area contributed by atoms with E-state index in [1.54, 1.807) is 19.2 Å². The number of benzene rings is 1. The van der Waals surface area contributed by atoms with E-state index in [0.717, 1.165) is 0 Å². The number of aromatic hydroxyl groups is 1. The number of nitrogens with zero attached hydrogens (tertiary/aromatic N) is 2. The summed E-state index contributed by atoms with van der Waals surface area (Å²) in [6, 6.07) is 4.64. The summed E-state index contributed by atoms with van der Waals surface area (Å²) < 4.78 is 10.6. The molecule has 0 radical (unpaired) electrons. The summed E-state index contributed by atoms with van der Waals surface area (Å²) in [5.74, 6) is 0.689. The van der Waals surface area contributed by atoms with Crippen LogP contribution in [-0.4, -0.2) is 22.4 Å². The molecule has 2 rings (SSSR count). The molecule has 0 amide bonds. The van der Waals surface area contributed by atoms with Crippen LogP contribution in [0.1, 0.15) is 26.1 Å². The number of aromatic nitrogens is 2. The van der Waals surface area contributed by atoms with E-state index < -0.39 is 5.60 Å². The molecular formula is C13H15ClN2O3. The highest BCUT2D eigenvalue weighted by molar-refractivity contribution is 6.30. The molecule has 0 spiro atoms. The Morgan fingerprint density at radius 3 is 2.84 bits per heavy atom. The third-order valence-electron chi connectivity index (χ3n) is 3.21. The lowest BCUT2D eigenvalue weighted by Gasteiger charge is -2.21. The van der Waals surface area contributed by atoms with E-state index >= 15 is 0 Å². The Hall–Kier alpha value is -1.59. The first-order chi connectivity index (χ1) is 9.00. The number of hydrogen-bond acceptors (Lipinski definition) is 5. The van der Waals surface area contributed by atoms with Crippen LogP contribution in [0.3, 0.4) is 0 Å². The number of rotatable bonds is 4. The van der Waals surface area contributed by atoms with E-state index in [1.807, 2.05) is 13.8 Å². The maximum Gasteiger partial charge on any atom is 0.261 e. The van der Waals surface area contributed by atoms with Crippen molar-refractivity contribution in [2.24, 2.45) is 0 Å². The van der Waals surface area contributed by atoms with Gasteiger partial charge in [0.05, 0.1) is 5.56 Å². The summed E-state index contributed by atoms with van der Waals surface area (Å²) in [5.41, 5.74) is -0.212. The monoisotopic (exact) mass is 282 g/mol. The fraction of sp³-hybridized carbons (Fsp3) is 0.385. The first-order valence-corrected chi connectivity index (χ1v) is 6.26. The second-order valence-corrected chi connectivity index (χ2v) is 4.81. The van der Waals surface area contributed by atoms with Gasteiger partial charge in [-0.2, -0.15) is 4.98 Å². The third kappa shape index (κ3) is 2.57. The van der Waals surface area contributed by atoms with E-state index in [9.17, 15) is 5.11 Å². The number of hydrogen-bond donors (Lipinski definition) is 1. The van der Waals surface area contributed by atoms with E-state index in [2.05, 4.69) is 10.1 Å². The van der Waals surface area contributed by atoms with Crippen LogP contribution in [0, 0.1) is 0 Å². The number of ether oxygens (including phenoxy) is 1. The fourth-order valence-corrected chi connectivity index (χ4v) is 1.79. The molecule has 1 aromatic heterocycles. The summed E-state index contributed by atoms with van der Waals surface area (Å²) in [6.45, 7) is 3.84. The van der Waals surface area contributed by atoms with Crippen molar-refractivity contribution in [1.82, 2.24) is 10.1 Å². The van der Waals surface area contributed by atoms with Gasteiger partial charge in [-0.25, -0.2) is 0 Å². The topological polar surface area (TPSA) is 68.4 Å². The van der Waals surface area contributed by atoms with Gasteiger partial charge in [0.1, 0.15) is 11.4 Å². The molecule has 0 saturated heterocycles. The molecule has 1 aromatic carbocycles. The zero-order valence-corrected chi connectivity index (χ0v) is 11.7. The Labute approximate surface area is 116 Å². The minimum Gasteiger partial charge on any atom is -0.507 e. The average molecular weight is 283 g/mol. The van der Waals surface area contributed by atoms with E-state index in [-0.39, 0.29) is 11.6 Å². The molecule has 2 aromatic rings. The lowest BCUT2D eigenvalue weighted by atomic mass is 10.0. The van der Waals surface area contributed by atoms with Crippen LogP contribution in [-0.2, 0) is 10.3 Å². The number of halogens is 1. The van der Waals surface area contributed by atoms with Crippen molar-refractivity contribution < 1.29 is 14.4 Å². The van der Waals surface area contributed by atoms with E-state index in [0.29, 0.717) is 22.8 Å². The quantitative estimate of drug-likeness (QED) is 0.931. The maximum absolute atomic E-state index is 9.80. The molecule has 1 unspecified atom stereocenters. The van der Waals surface area contributed by atoms with Crippen LogP contribution >= 0.6 is 11.6 Å². The molecule has 1 N–H and O–H groups in total. The van der Waals surface area contributed by atoms with Gasteiger partial charge >= 0.3 is 0 Å². The maximum atomic E-state index is 9.80. The second-order valence-electron chi connectivity index (χ2n) is 4.37. The predicted octanol–water partition coefficient (Wildman–Crippen LogP) is 3.37. The van der Waals surface area contributed by atoms with Crippen molar-refractivity contribution in [3.8, 4) is 17.2 Å². The van der Waals surface area contributed by atoms with Crippen LogP contribution in [0.25, 0.3) is 11.5 Å². The highest BCUT2D eigenvalue weighted by Gasteiger charge is 2.30. The smallest absolute Gasteiger partial charge is 0.261 e. The minimum absolute atomic E-state index is 0.0372. The van der Waals surface area contributed by atoms with Gasteiger partial charge in [0.15, 0.2) is 0 Å². The van der Waals surface area contributed by atoms with Gasteiger partial charge in [-0.05, 0) is 31.5 Å². The Morgan fingerprint density at radius 1 is 1.47 bits per heavy atom. The highest BCUT2D eigenvalue weighted by Crippen LogP contribution is 2.33. The lowest BCUT2D eigenvalue weighted by molar-refractivity contribution is -0.0106. The molecule has 0 saturated carbocycles. The molecule has 0 aliphatic heterocycles. The van der Waals surface area contributed by atoms with Gasteiger partial charge in [0, 0.05) is 12.1 Å². The molecule has 5 nitrogen and oxygen atoms in total. The summed E-state index contributed by atoms with van der Waals surface area (Å²) in [7, 11) is 1.59. The first kappa shape index (κ1) is 13.8. The third-order valence-corrected chi connectivity index (χ3v) is 3.45. The minimum atomic E-state index is -0.615. The predicted molar refractivity (Wildman–Crippen MR) is 71.1 cm³/mol. The molecule has 1 heterocycles. The van der Waals surface area contributed by atoms with Gasteiger partial charge in [0.25, 0.3) is 5.89 Å². The fourth-order valence-electron chi connectivity index (χ4n) is 1.62. The average Bonchev–Trinajstić information content (AvgIpc) is 2.90. The van der Waals surface area contributed by atoms with Crippen molar-refractivity contribution in [3.05, 3.63) is 29.0 Å². The SMILES string of the molecule is CCC(C)(OC)c1noc(-c2cc(Cl)ccc2O)n1. The summed E-state index contributed by atoms with van der Waals surface area (Å²) in [5, 5.41) is 14.2. The van der Waals surface area contributed by atoms with E-state index in [4.69, 9.17) is 20.9 Å². The van der Waals surface area contributed by atoms with Crippen molar-refractivity contribution in [2.45, 2.75) is 25.9 Å². The molecule has 0 aliphatic carbocycles. The van der Waals surface area contributed by atoms with Gasteiger partial charge in [-0.3, -0.25) is 0 Å². The van der Waals surface area contributed by atoms with Gasteiger partial charge in [0.2, 0.25) is 5.82 Å². The Balaban J connectivity index is 2.44. The number of methoxy groups -OCH3 is 1. The van der Waals surface area contributed by atoms with Crippen molar-refractivity contribution in [2.75, 3.05) is 7.11 Å².